The van der Waals surface area contributed by atoms with Crippen LogP contribution in [0.5, 0.6) is 0 Å². The molecule has 3 rings (SSSR count). The van der Waals surface area contributed by atoms with Crippen molar-refractivity contribution in [2.45, 2.75) is 5.54 Å². The lowest BCUT2D eigenvalue weighted by molar-refractivity contribution is -0.739. The molecule has 0 unspecified atom stereocenters. The lowest BCUT2D eigenvalue weighted by atomic mass is 9.84. The zero-order valence-corrected chi connectivity index (χ0v) is 13.8. The summed E-state index contributed by atoms with van der Waals surface area (Å²) in [4.78, 5) is 0. The number of benzene rings is 2. The molecule has 4 nitrogen and oxygen atoms in total. The van der Waals surface area contributed by atoms with Gasteiger partial charge in [0, 0.05) is 11.1 Å². The molecule has 3 aromatic rings. The maximum absolute atomic E-state index is 11.8. The van der Waals surface area contributed by atoms with Crippen molar-refractivity contribution in [1.29, 1.82) is 0 Å². The molecule has 0 aliphatic rings. The molecule has 0 saturated carbocycles. The summed E-state index contributed by atoms with van der Waals surface area (Å²) in [7, 11) is -0.655. The van der Waals surface area contributed by atoms with Crippen LogP contribution in [0.2, 0.25) is 0 Å². The third kappa shape index (κ3) is 2.90. The van der Waals surface area contributed by atoms with Crippen molar-refractivity contribution in [2.24, 2.45) is 7.05 Å². The number of hydrogen-bond acceptors (Lipinski definition) is 2. The first kappa shape index (κ1) is 15.4. The summed E-state index contributed by atoms with van der Waals surface area (Å²) in [5.41, 5.74) is 1.11. The number of aromatic nitrogens is 2. The van der Waals surface area contributed by atoms with Crippen LogP contribution >= 0.6 is 7.68 Å². The first-order valence-electron chi connectivity index (χ1n) is 7.39. The number of imidazole rings is 1. The van der Waals surface area contributed by atoms with E-state index in [4.69, 9.17) is 0 Å². The van der Waals surface area contributed by atoms with Crippen LogP contribution in [0.3, 0.4) is 0 Å². The molecule has 0 atom stereocenters. The van der Waals surface area contributed by atoms with Crippen LogP contribution in [-0.2, 0) is 21.7 Å². The monoisotopic (exact) mass is 325 g/mol. The Morgan fingerprint density at radius 3 is 1.87 bits per heavy atom. The standard InChI is InChI=1S/C18H18N2O2P/c1-19-12-13-20(15-19)18(14-23(21)22,16-8-4-2-5-9-16)17-10-6-3-7-11-17/h2-13,15H,14H2,1H3/q+1. The number of rotatable bonds is 5. The van der Waals surface area contributed by atoms with Gasteiger partial charge in [0.15, 0.2) is 5.54 Å². The van der Waals surface area contributed by atoms with E-state index in [-0.39, 0.29) is 6.16 Å². The van der Waals surface area contributed by atoms with Gasteiger partial charge in [0.1, 0.15) is 18.6 Å². The van der Waals surface area contributed by atoms with Crippen molar-refractivity contribution in [1.82, 2.24) is 4.57 Å². The molecule has 0 saturated heterocycles. The zero-order chi connectivity index (χ0) is 16.3. The number of hydrogen-bond donors (Lipinski definition) is 0. The molecule has 116 valence electrons. The fourth-order valence-electron chi connectivity index (χ4n) is 3.02. The predicted octanol–water partition coefficient (Wildman–Crippen LogP) is 3.28. The van der Waals surface area contributed by atoms with Crippen LogP contribution in [0.15, 0.2) is 79.4 Å². The largest absolute Gasteiger partial charge is 0.321 e. The Labute approximate surface area is 135 Å². The molecule has 0 aliphatic heterocycles. The van der Waals surface area contributed by atoms with E-state index >= 15 is 0 Å². The Morgan fingerprint density at radius 1 is 0.957 bits per heavy atom. The molecule has 2 aromatic carbocycles. The molecule has 0 N–H and O–H groups in total. The molecule has 0 amide bonds. The van der Waals surface area contributed by atoms with E-state index in [2.05, 4.69) is 0 Å². The summed E-state index contributed by atoms with van der Waals surface area (Å²) in [6, 6.07) is 19.5. The van der Waals surface area contributed by atoms with Crippen LogP contribution in [0.4, 0.5) is 0 Å². The first-order valence-corrected chi connectivity index (χ1v) is 8.76. The Bertz CT molecular complexity index is 807. The van der Waals surface area contributed by atoms with E-state index in [9.17, 15) is 9.13 Å². The summed E-state index contributed by atoms with van der Waals surface area (Å²) < 4.78 is 27.4. The highest BCUT2D eigenvalue weighted by molar-refractivity contribution is 7.30. The molecular formula is C18H18N2O2P+. The van der Waals surface area contributed by atoms with Gasteiger partial charge in [-0.1, -0.05) is 60.7 Å². The van der Waals surface area contributed by atoms with Gasteiger partial charge < -0.3 is 0 Å². The molecule has 0 aliphatic carbocycles. The minimum atomic E-state index is -2.58. The molecule has 23 heavy (non-hydrogen) atoms. The van der Waals surface area contributed by atoms with E-state index in [1.54, 1.807) is 0 Å². The predicted molar refractivity (Wildman–Crippen MR) is 87.8 cm³/mol. The van der Waals surface area contributed by atoms with Gasteiger partial charge in [-0.05, 0) is 0 Å². The lowest BCUT2D eigenvalue weighted by Gasteiger charge is -2.29. The molecule has 0 spiro atoms. The molecular weight excluding hydrogens is 307 g/mol. The fraction of sp³-hybridized carbons (Fsp3) is 0.167. The second-order valence-electron chi connectivity index (χ2n) is 5.57. The van der Waals surface area contributed by atoms with Gasteiger partial charge in [-0.15, -0.1) is 0 Å². The van der Waals surface area contributed by atoms with Gasteiger partial charge in [0.25, 0.3) is 0 Å². The van der Waals surface area contributed by atoms with Gasteiger partial charge in [0.05, 0.1) is 7.05 Å². The van der Waals surface area contributed by atoms with Crippen LogP contribution in [0, 0.1) is 0 Å². The van der Waals surface area contributed by atoms with Gasteiger partial charge in [0.2, 0.25) is 6.33 Å². The lowest BCUT2D eigenvalue weighted by Crippen LogP contribution is -2.58. The molecule has 1 heterocycles. The number of aryl methyl sites for hydroxylation is 1. The molecule has 0 fully saturated rings. The van der Waals surface area contributed by atoms with E-state index in [1.165, 1.54) is 0 Å². The topological polar surface area (TPSA) is 43.0 Å². The van der Waals surface area contributed by atoms with Crippen LogP contribution in [0.1, 0.15) is 11.1 Å². The van der Waals surface area contributed by atoms with Gasteiger partial charge >= 0.3 is 7.68 Å². The van der Waals surface area contributed by atoms with Crippen molar-refractivity contribution in [3.8, 4) is 0 Å². The third-order valence-electron chi connectivity index (χ3n) is 4.07. The maximum Gasteiger partial charge on any atom is 0.321 e. The highest BCUT2D eigenvalue weighted by atomic mass is 31.1. The Balaban J connectivity index is 2.34. The molecule has 5 heteroatoms. The average Bonchev–Trinajstić information content (AvgIpc) is 3.01. The second kappa shape index (κ2) is 6.35. The summed E-state index contributed by atoms with van der Waals surface area (Å²) >= 11 is 0. The van der Waals surface area contributed by atoms with Crippen LogP contribution < -0.4 is 4.57 Å². The summed E-state index contributed by atoms with van der Waals surface area (Å²) in [5.74, 6) is 0. The molecule has 0 bridgehead atoms. The fourth-order valence-corrected chi connectivity index (χ4v) is 3.92. The third-order valence-corrected chi connectivity index (χ3v) is 4.79. The average molecular weight is 325 g/mol. The summed E-state index contributed by atoms with van der Waals surface area (Å²) in [6.45, 7) is 0. The van der Waals surface area contributed by atoms with E-state index < -0.39 is 13.2 Å². The Hall–Kier alpha value is -2.45. The normalized spacial score (nSPS) is 11.3. The molecule has 1 aromatic heterocycles. The maximum atomic E-state index is 11.8. The minimum Gasteiger partial charge on any atom is -0.240 e. The highest BCUT2D eigenvalue weighted by Gasteiger charge is 2.42. The van der Waals surface area contributed by atoms with Gasteiger partial charge in [-0.2, -0.15) is 0 Å². The highest BCUT2D eigenvalue weighted by Crippen LogP contribution is 2.33. The SMILES string of the molecule is Cn1cc[n+](C(CP(=O)=O)(c2ccccc2)c2ccccc2)c1. The zero-order valence-electron chi connectivity index (χ0n) is 12.9. The second-order valence-corrected chi connectivity index (χ2v) is 6.55. The van der Waals surface area contributed by atoms with Gasteiger partial charge in [-0.25, -0.2) is 18.3 Å². The number of nitrogens with zero attached hydrogens (tertiary/aromatic N) is 2. The quantitative estimate of drug-likeness (QED) is 0.534. The minimum absolute atomic E-state index is 0.00500. The van der Waals surface area contributed by atoms with Crippen molar-refractivity contribution >= 4 is 7.68 Å². The van der Waals surface area contributed by atoms with E-state index in [0.717, 1.165) is 11.1 Å². The molecule has 0 radical (unpaired) electrons. The first-order chi connectivity index (χ1) is 11.1. The van der Waals surface area contributed by atoms with Crippen LogP contribution in [0.25, 0.3) is 0 Å². The van der Waals surface area contributed by atoms with Crippen LogP contribution in [-0.4, -0.2) is 10.7 Å². The van der Waals surface area contributed by atoms with E-state index in [0.29, 0.717) is 0 Å². The smallest absolute Gasteiger partial charge is 0.240 e. The van der Waals surface area contributed by atoms with Crippen molar-refractivity contribution in [2.75, 3.05) is 6.16 Å². The summed E-state index contributed by atoms with van der Waals surface area (Å²) in [6.07, 6.45) is 5.75. The summed E-state index contributed by atoms with van der Waals surface area (Å²) in [5, 5.41) is 0. The van der Waals surface area contributed by atoms with E-state index in [1.807, 2.05) is 95.6 Å². The van der Waals surface area contributed by atoms with Gasteiger partial charge in [-0.3, -0.25) is 0 Å². The Kier molecular flexibility index (Phi) is 4.26. The van der Waals surface area contributed by atoms with Crippen molar-refractivity contribution < 1.29 is 13.7 Å². The van der Waals surface area contributed by atoms with Crippen molar-refractivity contribution in [3.63, 3.8) is 0 Å². The van der Waals surface area contributed by atoms with Crippen molar-refractivity contribution in [3.05, 3.63) is 90.5 Å². The Morgan fingerprint density at radius 2 is 1.48 bits per heavy atom.